The van der Waals surface area contributed by atoms with Crippen LogP contribution in [0, 0.1) is 11.3 Å². The third-order valence-electron chi connectivity index (χ3n) is 3.60. The first kappa shape index (κ1) is 16.1. The Kier molecular flexibility index (Phi) is 4.63. The van der Waals surface area contributed by atoms with Gasteiger partial charge in [0.2, 0.25) is 0 Å². The van der Waals surface area contributed by atoms with Crippen LogP contribution in [0.4, 0.5) is 11.4 Å². The summed E-state index contributed by atoms with van der Waals surface area (Å²) in [5.74, 6) is -0.518. The Morgan fingerprint density at radius 2 is 1.76 bits per heavy atom. The largest absolute Gasteiger partial charge is 0.508 e. The van der Waals surface area contributed by atoms with Crippen molar-refractivity contribution in [3.05, 3.63) is 78.5 Å². The third kappa shape index (κ3) is 3.95. The van der Waals surface area contributed by atoms with E-state index in [1.54, 1.807) is 12.1 Å². The Morgan fingerprint density at radius 1 is 0.960 bits per heavy atom. The van der Waals surface area contributed by atoms with Gasteiger partial charge in [-0.05, 0) is 35.0 Å². The number of aromatic hydroxyl groups is 1. The van der Waals surface area contributed by atoms with Gasteiger partial charge in [-0.3, -0.25) is 4.79 Å². The molecule has 0 radical (unpaired) electrons. The molecule has 3 aromatic carbocycles. The normalized spacial score (nSPS) is 10.9. The summed E-state index contributed by atoms with van der Waals surface area (Å²) < 4.78 is 0. The highest BCUT2D eigenvalue weighted by molar-refractivity contribution is 6.06. The van der Waals surface area contributed by atoms with Crippen LogP contribution in [-0.4, -0.2) is 11.0 Å². The van der Waals surface area contributed by atoms with Gasteiger partial charge in [0, 0.05) is 23.6 Å². The Hall–Kier alpha value is -3.78. The highest BCUT2D eigenvalue weighted by Gasteiger charge is 2.09. The van der Waals surface area contributed by atoms with Crippen molar-refractivity contribution in [2.45, 2.75) is 0 Å². The number of fused-ring (bicyclic) bond motifs is 1. The van der Waals surface area contributed by atoms with E-state index in [1.165, 1.54) is 18.3 Å². The highest BCUT2D eigenvalue weighted by atomic mass is 16.3. The summed E-state index contributed by atoms with van der Waals surface area (Å²) in [5.41, 5.74) is 1.12. The molecule has 0 aliphatic rings. The fraction of sp³-hybridized carbons (Fsp3) is 0. The predicted molar refractivity (Wildman–Crippen MR) is 98.0 cm³/mol. The average molecular weight is 329 g/mol. The van der Waals surface area contributed by atoms with Gasteiger partial charge >= 0.3 is 0 Å². The summed E-state index contributed by atoms with van der Waals surface area (Å²) in [6.45, 7) is 0. The zero-order chi connectivity index (χ0) is 17.6. The molecule has 0 aromatic heterocycles. The summed E-state index contributed by atoms with van der Waals surface area (Å²) in [5, 5.41) is 26.3. The molecule has 25 heavy (non-hydrogen) atoms. The number of nitriles is 1. The fourth-order valence-corrected chi connectivity index (χ4v) is 2.37. The Bertz CT molecular complexity index is 1000. The number of carbonyl (C=O) groups excluding carboxylic acids is 1. The number of carbonyl (C=O) groups is 1. The van der Waals surface area contributed by atoms with E-state index in [2.05, 4.69) is 10.6 Å². The van der Waals surface area contributed by atoms with Crippen LogP contribution in [-0.2, 0) is 4.79 Å². The van der Waals surface area contributed by atoms with Gasteiger partial charge in [-0.2, -0.15) is 5.26 Å². The second kappa shape index (κ2) is 7.20. The quantitative estimate of drug-likeness (QED) is 0.499. The number of phenols is 1. The molecule has 5 nitrogen and oxygen atoms in total. The van der Waals surface area contributed by atoms with Crippen molar-refractivity contribution in [3.8, 4) is 11.8 Å². The van der Waals surface area contributed by atoms with Crippen molar-refractivity contribution in [1.29, 1.82) is 5.26 Å². The summed E-state index contributed by atoms with van der Waals surface area (Å²) in [7, 11) is 0. The molecule has 3 rings (SSSR count). The van der Waals surface area contributed by atoms with E-state index in [0.29, 0.717) is 5.69 Å². The van der Waals surface area contributed by atoms with Gasteiger partial charge in [0.15, 0.2) is 0 Å². The van der Waals surface area contributed by atoms with E-state index in [9.17, 15) is 15.2 Å². The number of nitrogens with one attached hydrogen (secondary N) is 2. The van der Waals surface area contributed by atoms with E-state index < -0.39 is 5.91 Å². The Morgan fingerprint density at radius 3 is 2.52 bits per heavy atom. The number of amides is 1. The molecule has 3 N–H and O–H groups in total. The van der Waals surface area contributed by atoms with Crippen molar-refractivity contribution in [2.24, 2.45) is 0 Å². The van der Waals surface area contributed by atoms with Gasteiger partial charge in [-0.1, -0.05) is 36.4 Å². The lowest BCUT2D eigenvalue weighted by atomic mass is 10.1. The molecule has 0 fully saturated rings. The molecule has 122 valence electrons. The standard InChI is InChI=1S/C20H15N3O2/c21-12-16(20(25)23-18-6-3-7-19(24)11-18)13-22-17-9-8-14-4-1-2-5-15(14)10-17/h1-11,13,22,24H,(H,23,25)/b16-13-. The first-order chi connectivity index (χ1) is 12.2. The maximum absolute atomic E-state index is 12.2. The molecule has 3 aromatic rings. The Balaban J connectivity index is 1.75. The zero-order valence-corrected chi connectivity index (χ0v) is 13.2. The number of phenolic OH excluding ortho intramolecular Hbond substituents is 1. The van der Waals surface area contributed by atoms with Gasteiger partial charge < -0.3 is 15.7 Å². The van der Waals surface area contributed by atoms with E-state index >= 15 is 0 Å². The third-order valence-corrected chi connectivity index (χ3v) is 3.60. The van der Waals surface area contributed by atoms with Crippen molar-refractivity contribution in [3.63, 3.8) is 0 Å². The SMILES string of the molecule is N#C/C(=C/Nc1ccc2ccccc2c1)C(=O)Nc1cccc(O)c1. The number of hydrogen-bond donors (Lipinski definition) is 3. The predicted octanol–water partition coefficient (Wildman–Crippen LogP) is 4.00. The lowest BCUT2D eigenvalue weighted by Gasteiger charge is -2.06. The van der Waals surface area contributed by atoms with E-state index in [-0.39, 0.29) is 11.3 Å². The number of rotatable bonds is 4. The first-order valence-electron chi connectivity index (χ1n) is 7.62. The monoisotopic (exact) mass is 329 g/mol. The molecule has 0 aliphatic carbocycles. The molecule has 5 heteroatoms. The minimum absolute atomic E-state index is 0.0366. The van der Waals surface area contributed by atoms with E-state index in [0.717, 1.165) is 16.5 Å². The summed E-state index contributed by atoms with van der Waals surface area (Å²) >= 11 is 0. The molecule has 0 saturated heterocycles. The molecule has 0 heterocycles. The molecule has 0 bridgehead atoms. The van der Waals surface area contributed by atoms with Crippen molar-refractivity contribution in [1.82, 2.24) is 0 Å². The van der Waals surface area contributed by atoms with E-state index in [4.69, 9.17) is 0 Å². The van der Waals surface area contributed by atoms with E-state index in [1.807, 2.05) is 48.5 Å². The summed E-state index contributed by atoms with van der Waals surface area (Å²) in [4.78, 5) is 12.2. The fourth-order valence-electron chi connectivity index (χ4n) is 2.37. The number of anilines is 2. The molecular formula is C20H15N3O2. The van der Waals surface area contributed by atoms with Crippen LogP contribution >= 0.6 is 0 Å². The van der Waals surface area contributed by atoms with Crippen LogP contribution in [0.5, 0.6) is 5.75 Å². The van der Waals surface area contributed by atoms with Gasteiger partial charge in [0.25, 0.3) is 5.91 Å². The van der Waals surface area contributed by atoms with Crippen molar-refractivity contribution >= 4 is 28.1 Å². The molecule has 0 saturated carbocycles. The van der Waals surface area contributed by atoms with Crippen molar-refractivity contribution < 1.29 is 9.90 Å². The smallest absolute Gasteiger partial charge is 0.267 e. The van der Waals surface area contributed by atoms with Crippen LogP contribution in [0.15, 0.2) is 78.5 Å². The van der Waals surface area contributed by atoms with Gasteiger partial charge in [-0.25, -0.2) is 0 Å². The summed E-state index contributed by atoms with van der Waals surface area (Å²) in [6.07, 6.45) is 1.36. The molecule has 0 unspecified atom stereocenters. The van der Waals surface area contributed by atoms with Crippen molar-refractivity contribution in [2.75, 3.05) is 10.6 Å². The second-order valence-electron chi connectivity index (χ2n) is 5.38. The minimum atomic E-state index is -0.554. The number of nitrogens with zero attached hydrogens (tertiary/aromatic N) is 1. The molecule has 0 spiro atoms. The van der Waals surface area contributed by atoms with Crippen LogP contribution in [0.1, 0.15) is 0 Å². The number of hydrogen-bond acceptors (Lipinski definition) is 4. The lowest BCUT2D eigenvalue weighted by molar-refractivity contribution is -0.112. The second-order valence-corrected chi connectivity index (χ2v) is 5.38. The molecule has 1 amide bonds. The maximum Gasteiger partial charge on any atom is 0.267 e. The number of benzene rings is 3. The molecule has 0 aliphatic heterocycles. The van der Waals surface area contributed by atoms with Gasteiger partial charge in [0.1, 0.15) is 17.4 Å². The van der Waals surface area contributed by atoms with Crippen LogP contribution in [0.2, 0.25) is 0 Å². The zero-order valence-electron chi connectivity index (χ0n) is 13.2. The Labute approximate surface area is 144 Å². The minimum Gasteiger partial charge on any atom is -0.508 e. The highest BCUT2D eigenvalue weighted by Crippen LogP contribution is 2.19. The topological polar surface area (TPSA) is 85.2 Å². The first-order valence-corrected chi connectivity index (χ1v) is 7.62. The molecule has 0 atom stereocenters. The summed E-state index contributed by atoms with van der Waals surface area (Å²) in [6, 6.07) is 21.7. The van der Waals surface area contributed by atoms with Gasteiger partial charge in [-0.15, -0.1) is 0 Å². The lowest BCUT2D eigenvalue weighted by Crippen LogP contribution is -2.14. The van der Waals surface area contributed by atoms with Gasteiger partial charge in [0.05, 0.1) is 0 Å². The van der Waals surface area contributed by atoms with Crippen LogP contribution in [0.3, 0.4) is 0 Å². The van der Waals surface area contributed by atoms with Crippen LogP contribution < -0.4 is 10.6 Å². The molecular weight excluding hydrogens is 314 g/mol. The average Bonchev–Trinajstić information content (AvgIpc) is 2.62. The van der Waals surface area contributed by atoms with Crippen LogP contribution in [0.25, 0.3) is 10.8 Å². The maximum atomic E-state index is 12.2.